The third kappa shape index (κ3) is 2.99. The number of carbonyl (C=O) groups is 1. The maximum absolute atomic E-state index is 12.6. The molecule has 5 heteroatoms. The number of nitro benzene ring substituents is 1. The van der Waals surface area contributed by atoms with Crippen LogP contribution in [0, 0.1) is 10.1 Å². The molecule has 3 rings (SSSR count). The number of Topliss-reactive ketones (excluding diaryl/α,β-unsaturated/α-hetero) is 1. The summed E-state index contributed by atoms with van der Waals surface area (Å²) in [6, 6.07) is 11.7. The van der Waals surface area contributed by atoms with Crippen LogP contribution in [0.5, 0.6) is 5.75 Å². The molecule has 0 bridgehead atoms. The molecular formula is C18H15NO4. The number of hydrogen-bond donors (Lipinski definition) is 0. The van der Waals surface area contributed by atoms with E-state index in [-0.39, 0.29) is 11.5 Å². The monoisotopic (exact) mass is 309 g/mol. The van der Waals surface area contributed by atoms with Crippen LogP contribution in [0.25, 0.3) is 6.08 Å². The Balaban J connectivity index is 1.94. The van der Waals surface area contributed by atoms with E-state index in [0.717, 1.165) is 17.7 Å². The van der Waals surface area contributed by atoms with Gasteiger partial charge in [-0.25, -0.2) is 0 Å². The molecule has 23 heavy (non-hydrogen) atoms. The van der Waals surface area contributed by atoms with Crippen LogP contribution in [-0.4, -0.2) is 17.8 Å². The lowest BCUT2D eigenvalue weighted by Gasteiger charge is -2.18. The highest BCUT2D eigenvalue weighted by molar-refractivity contribution is 6.13. The van der Waals surface area contributed by atoms with E-state index in [1.165, 1.54) is 12.1 Å². The van der Waals surface area contributed by atoms with Crippen molar-refractivity contribution >= 4 is 17.5 Å². The Hall–Kier alpha value is -2.95. The summed E-state index contributed by atoms with van der Waals surface area (Å²) in [5.41, 5.74) is 3.01. The predicted molar refractivity (Wildman–Crippen MR) is 86.7 cm³/mol. The van der Waals surface area contributed by atoms with Crippen LogP contribution in [0.2, 0.25) is 0 Å². The number of non-ortho nitro benzene ring substituents is 1. The molecule has 2 aromatic rings. The highest BCUT2D eigenvalue weighted by atomic mass is 16.6. The number of nitro groups is 1. The van der Waals surface area contributed by atoms with Gasteiger partial charge in [-0.1, -0.05) is 12.1 Å². The number of nitrogens with zero attached hydrogens (tertiary/aromatic N) is 1. The van der Waals surface area contributed by atoms with E-state index in [4.69, 9.17) is 4.74 Å². The second-order valence-electron chi connectivity index (χ2n) is 5.37. The zero-order valence-corrected chi connectivity index (χ0v) is 12.6. The van der Waals surface area contributed by atoms with E-state index in [9.17, 15) is 14.9 Å². The summed E-state index contributed by atoms with van der Waals surface area (Å²) in [7, 11) is 1.60. The van der Waals surface area contributed by atoms with Gasteiger partial charge in [0.1, 0.15) is 5.75 Å². The molecule has 1 aliphatic rings. The fraction of sp³-hybridized carbons (Fsp3) is 0.167. The summed E-state index contributed by atoms with van der Waals surface area (Å²) in [5, 5.41) is 10.8. The molecule has 0 saturated heterocycles. The van der Waals surface area contributed by atoms with E-state index in [1.807, 2.05) is 6.07 Å². The van der Waals surface area contributed by atoms with Crippen LogP contribution < -0.4 is 4.74 Å². The first kappa shape index (κ1) is 15.0. The quantitative estimate of drug-likeness (QED) is 0.491. The molecule has 0 amide bonds. The van der Waals surface area contributed by atoms with Crippen LogP contribution in [0.4, 0.5) is 5.69 Å². The van der Waals surface area contributed by atoms with E-state index < -0.39 is 4.92 Å². The van der Waals surface area contributed by atoms with Crippen molar-refractivity contribution in [3.8, 4) is 5.75 Å². The third-order valence-corrected chi connectivity index (χ3v) is 3.93. The molecule has 5 nitrogen and oxygen atoms in total. The Morgan fingerprint density at radius 1 is 1.17 bits per heavy atom. The lowest BCUT2D eigenvalue weighted by atomic mass is 9.86. The average molecular weight is 309 g/mol. The number of aryl methyl sites for hydroxylation is 1. The number of rotatable bonds is 3. The van der Waals surface area contributed by atoms with Gasteiger partial charge in [-0.15, -0.1) is 0 Å². The van der Waals surface area contributed by atoms with Crippen molar-refractivity contribution in [1.29, 1.82) is 0 Å². The summed E-state index contributed by atoms with van der Waals surface area (Å²) >= 11 is 0. The minimum absolute atomic E-state index is 0.0211. The zero-order valence-electron chi connectivity index (χ0n) is 12.6. The van der Waals surface area contributed by atoms with E-state index in [2.05, 4.69) is 0 Å². The molecule has 0 radical (unpaired) electrons. The number of hydrogen-bond acceptors (Lipinski definition) is 4. The highest BCUT2D eigenvalue weighted by Crippen LogP contribution is 2.29. The van der Waals surface area contributed by atoms with Gasteiger partial charge in [0.25, 0.3) is 5.69 Å². The Bertz CT molecular complexity index is 824. The normalized spacial score (nSPS) is 15.3. The van der Waals surface area contributed by atoms with Crippen molar-refractivity contribution in [3.05, 3.63) is 74.8 Å². The molecule has 0 atom stereocenters. The lowest BCUT2D eigenvalue weighted by Crippen LogP contribution is -2.14. The van der Waals surface area contributed by atoms with Crippen LogP contribution in [0.1, 0.15) is 27.9 Å². The molecule has 0 saturated carbocycles. The van der Waals surface area contributed by atoms with E-state index in [0.29, 0.717) is 23.1 Å². The van der Waals surface area contributed by atoms with Gasteiger partial charge in [-0.05, 0) is 48.2 Å². The third-order valence-electron chi connectivity index (χ3n) is 3.93. The van der Waals surface area contributed by atoms with Crippen molar-refractivity contribution < 1.29 is 14.5 Å². The van der Waals surface area contributed by atoms with Crippen molar-refractivity contribution in [1.82, 2.24) is 0 Å². The van der Waals surface area contributed by atoms with Crippen LogP contribution in [-0.2, 0) is 6.42 Å². The largest absolute Gasteiger partial charge is 0.497 e. The first-order chi connectivity index (χ1) is 11.1. The van der Waals surface area contributed by atoms with Crippen LogP contribution >= 0.6 is 0 Å². The summed E-state index contributed by atoms with van der Waals surface area (Å²) in [5.74, 6) is 0.711. The molecule has 0 aromatic heterocycles. The number of fused-ring (bicyclic) bond motifs is 1. The molecule has 1 aliphatic carbocycles. The van der Waals surface area contributed by atoms with Gasteiger partial charge in [0.15, 0.2) is 5.78 Å². The molecular weight excluding hydrogens is 294 g/mol. The Morgan fingerprint density at radius 2 is 2.00 bits per heavy atom. The van der Waals surface area contributed by atoms with Gasteiger partial charge in [-0.2, -0.15) is 0 Å². The second kappa shape index (κ2) is 6.04. The van der Waals surface area contributed by atoms with Crippen LogP contribution in [0.3, 0.4) is 0 Å². The Morgan fingerprint density at radius 3 is 2.74 bits per heavy atom. The topological polar surface area (TPSA) is 69.4 Å². The second-order valence-corrected chi connectivity index (χ2v) is 5.37. The molecule has 2 aromatic carbocycles. The number of ketones is 1. The summed E-state index contributed by atoms with van der Waals surface area (Å²) in [6.45, 7) is 0. The van der Waals surface area contributed by atoms with Gasteiger partial charge >= 0.3 is 0 Å². The first-order valence-electron chi connectivity index (χ1n) is 7.25. The maximum Gasteiger partial charge on any atom is 0.270 e. The smallest absolute Gasteiger partial charge is 0.270 e. The summed E-state index contributed by atoms with van der Waals surface area (Å²) in [6.07, 6.45) is 3.10. The van der Waals surface area contributed by atoms with Gasteiger partial charge in [-0.3, -0.25) is 14.9 Å². The fourth-order valence-electron chi connectivity index (χ4n) is 2.75. The molecule has 0 N–H and O–H groups in total. The highest BCUT2D eigenvalue weighted by Gasteiger charge is 2.22. The summed E-state index contributed by atoms with van der Waals surface area (Å²) < 4.78 is 5.18. The SMILES string of the molecule is COc1ccc2c(c1)CC/C(=C/c1cccc([N+](=O)[O-])c1)C2=O. The lowest BCUT2D eigenvalue weighted by molar-refractivity contribution is -0.384. The molecule has 0 spiro atoms. The Labute approximate surface area is 133 Å². The Kier molecular flexibility index (Phi) is 3.93. The van der Waals surface area contributed by atoms with Crippen molar-refractivity contribution in [3.63, 3.8) is 0 Å². The maximum atomic E-state index is 12.6. The average Bonchev–Trinajstić information content (AvgIpc) is 2.57. The number of allylic oxidation sites excluding steroid dienone is 1. The number of methoxy groups -OCH3 is 1. The number of carbonyl (C=O) groups excluding carboxylic acids is 1. The minimum atomic E-state index is -0.438. The van der Waals surface area contributed by atoms with Gasteiger partial charge in [0, 0.05) is 23.3 Å². The summed E-state index contributed by atoms with van der Waals surface area (Å²) in [4.78, 5) is 23.0. The van der Waals surface area contributed by atoms with Crippen molar-refractivity contribution in [2.24, 2.45) is 0 Å². The van der Waals surface area contributed by atoms with Crippen molar-refractivity contribution in [2.75, 3.05) is 7.11 Å². The predicted octanol–water partition coefficient (Wildman–Crippen LogP) is 3.82. The number of ether oxygens (including phenoxy) is 1. The number of benzene rings is 2. The van der Waals surface area contributed by atoms with Crippen molar-refractivity contribution in [2.45, 2.75) is 12.8 Å². The molecule has 0 heterocycles. The minimum Gasteiger partial charge on any atom is -0.497 e. The van der Waals surface area contributed by atoms with E-state index >= 15 is 0 Å². The van der Waals surface area contributed by atoms with Gasteiger partial charge < -0.3 is 4.74 Å². The zero-order chi connectivity index (χ0) is 16.4. The van der Waals surface area contributed by atoms with Gasteiger partial charge in [0.05, 0.1) is 12.0 Å². The molecule has 0 fully saturated rings. The molecule has 0 aliphatic heterocycles. The van der Waals surface area contributed by atoms with Crippen LogP contribution in [0.15, 0.2) is 48.0 Å². The fourth-order valence-corrected chi connectivity index (χ4v) is 2.75. The van der Waals surface area contributed by atoms with E-state index in [1.54, 1.807) is 37.5 Å². The van der Waals surface area contributed by atoms with Gasteiger partial charge in [0.2, 0.25) is 0 Å². The standard InChI is InChI=1S/C18H15NO4/c1-23-16-7-8-17-13(11-16)5-6-14(18(17)20)9-12-3-2-4-15(10-12)19(21)22/h2-4,7-11H,5-6H2,1H3/b14-9-. The molecule has 0 unspecified atom stereocenters. The molecule has 116 valence electrons. The first-order valence-corrected chi connectivity index (χ1v) is 7.25.